The molecule has 2 heterocycles. The van der Waals surface area contributed by atoms with E-state index in [-0.39, 0.29) is 5.69 Å². The van der Waals surface area contributed by atoms with E-state index in [0.29, 0.717) is 12.2 Å². The van der Waals surface area contributed by atoms with Gasteiger partial charge in [0.2, 0.25) is 0 Å². The molecule has 0 aliphatic rings. The number of hydrogen-bond donors (Lipinski definition) is 1. The molecule has 0 amide bonds. The molecule has 2 aromatic heterocycles. The van der Waals surface area contributed by atoms with Crippen molar-refractivity contribution in [1.82, 2.24) is 14.2 Å². The van der Waals surface area contributed by atoms with E-state index in [1.807, 2.05) is 18.2 Å². The van der Waals surface area contributed by atoms with Crippen molar-refractivity contribution in [3.05, 3.63) is 34.9 Å². The van der Waals surface area contributed by atoms with E-state index in [0.717, 1.165) is 25.0 Å². The van der Waals surface area contributed by atoms with E-state index in [9.17, 15) is 4.79 Å². The smallest absolute Gasteiger partial charge is 0.250 e. The second kappa shape index (κ2) is 5.21. The number of nitrogens with zero attached hydrogens (tertiary/aromatic N) is 3. The van der Waals surface area contributed by atoms with Gasteiger partial charge < -0.3 is 0 Å². The third-order valence-corrected chi connectivity index (χ3v) is 2.83. The molecule has 0 atom stereocenters. The van der Waals surface area contributed by atoms with E-state index in [4.69, 9.17) is 0 Å². The highest BCUT2D eigenvalue weighted by atomic mass is 32.1. The fraction of sp³-hybridized carbons (Fsp3) is 0.455. The number of hydrogen-bond acceptors (Lipinski definition) is 3. The number of aryl methyl sites for hydroxylation is 1. The fourth-order valence-electron chi connectivity index (χ4n) is 1.66. The molecule has 5 heteroatoms. The highest BCUT2D eigenvalue weighted by Crippen LogP contribution is 2.00. The Hall–Kier alpha value is -1.23. The van der Waals surface area contributed by atoms with E-state index in [1.54, 1.807) is 10.6 Å². The summed E-state index contributed by atoms with van der Waals surface area (Å²) in [6.45, 7) is 0.689. The van der Waals surface area contributed by atoms with Crippen molar-refractivity contribution in [3.63, 3.8) is 0 Å². The predicted molar refractivity (Wildman–Crippen MR) is 67.2 cm³/mol. The van der Waals surface area contributed by atoms with Gasteiger partial charge in [-0.05, 0) is 30.7 Å². The molecule has 0 fully saturated rings. The van der Waals surface area contributed by atoms with Gasteiger partial charge in [0.1, 0.15) is 0 Å². The molecule has 0 aliphatic heterocycles. The molecule has 0 saturated carbocycles. The first-order valence-electron chi connectivity index (χ1n) is 5.48. The fourth-order valence-corrected chi connectivity index (χ4v) is 1.89. The summed E-state index contributed by atoms with van der Waals surface area (Å²) in [5, 5.41) is 4.26. The monoisotopic (exact) mass is 237 g/mol. The van der Waals surface area contributed by atoms with Gasteiger partial charge in [0.05, 0.1) is 0 Å². The maximum absolute atomic E-state index is 11.8. The summed E-state index contributed by atoms with van der Waals surface area (Å²) in [6, 6.07) is 5.56. The number of thiol groups is 1. The molecule has 0 bridgehead atoms. The largest absolute Gasteiger partial charge is 0.350 e. The average Bonchev–Trinajstić information content (AvgIpc) is 2.63. The van der Waals surface area contributed by atoms with Gasteiger partial charge in [-0.25, -0.2) is 9.48 Å². The summed E-state index contributed by atoms with van der Waals surface area (Å²) in [7, 11) is 0. The minimum atomic E-state index is -0.0542. The Labute approximate surface area is 99.3 Å². The lowest BCUT2D eigenvalue weighted by molar-refractivity contribution is 0.539. The van der Waals surface area contributed by atoms with Gasteiger partial charge in [-0.1, -0.05) is 12.5 Å². The highest BCUT2D eigenvalue weighted by Gasteiger charge is 2.04. The molecule has 0 unspecified atom stereocenters. The van der Waals surface area contributed by atoms with Crippen LogP contribution < -0.4 is 5.69 Å². The number of rotatable bonds is 5. The molecule has 0 N–H and O–H groups in total. The van der Waals surface area contributed by atoms with Crippen LogP contribution >= 0.6 is 12.6 Å². The van der Waals surface area contributed by atoms with Gasteiger partial charge in [-0.2, -0.15) is 12.6 Å². The molecule has 4 nitrogen and oxygen atoms in total. The standard InChI is InChI=1S/C11H15N3OS/c15-11-13-7-4-2-6-10(13)12-14(11)8-3-1-5-9-16/h2,4,6-7,16H,1,3,5,8-9H2. The quantitative estimate of drug-likeness (QED) is 0.633. The Bertz CT molecular complexity index is 517. The molecule has 2 aromatic rings. The Balaban J connectivity index is 2.13. The first kappa shape index (κ1) is 11.3. The van der Waals surface area contributed by atoms with Crippen LogP contribution in [0.5, 0.6) is 0 Å². The Kier molecular flexibility index (Phi) is 3.66. The van der Waals surface area contributed by atoms with E-state index >= 15 is 0 Å². The molecule has 2 rings (SSSR count). The molecule has 0 aromatic carbocycles. The molecule has 0 spiro atoms. The first-order chi connectivity index (χ1) is 7.83. The Morgan fingerprint density at radius 1 is 1.25 bits per heavy atom. The lowest BCUT2D eigenvalue weighted by Crippen LogP contribution is -2.21. The van der Waals surface area contributed by atoms with Crippen LogP contribution in [0.3, 0.4) is 0 Å². The van der Waals surface area contributed by atoms with E-state index < -0.39 is 0 Å². The van der Waals surface area contributed by atoms with Gasteiger partial charge in [0.25, 0.3) is 0 Å². The van der Waals surface area contributed by atoms with E-state index in [1.165, 1.54) is 4.68 Å². The van der Waals surface area contributed by atoms with E-state index in [2.05, 4.69) is 17.7 Å². The van der Waals surface area contributed by atoms with Crippen molar-refractivity contribution in [2.24, 2.45) is 0 Å². The van der Waals surface area contributed by atoms with Crippen LogP contribution in [0.1, 0.15) is 19.3 Å². The Morgan fingerprint density at radius 2 is 2.12 bits per heavy atom. The number of fused-ring (bicyclic) bond motifs is 1. The van der Waals surface area contributed by atoms with Crippen LogP contribution in [0, 0.1) is 0 Å². The van der Waals surface area contributed by atoms with Crippen molar-refractivity contribution >= 4 is 18.3 Å². The maximum Gasteiger partial charge on any atom is 0.350 e. The molecule has 0 saturated heterocycles. The zero-order valence-corrected chi connectivity index (χ0v) is 9.94. The zero-order chi connectivity index (χ0) is 11.4. The van der Waals surface area contributed by atoms with Gasteiger partial charge in [0, 0.05) is 12.7 Å². The number of aromatic nitrogens is 3. The molecular weight excluding hydrogens is 222 g/mol. The van der Waals surface area contributed by atoms with Crippen molar-refractivity contribution in [3.8, 4) is 0 Å². The van der Waals surface area contributed by atoms with Gasteiger partial charge in [0.15, 0.2) is 5.65 Å². The Morgan fingerprint density at radius 3 is 2.88 bits per heavy atom. The van der Waals surface area contributed by atoms with Crippen LogP contribution in [0.25, 0.3) is 5.65 Å². The van der Waals surface area contributed by atoms with Gasteiger partial charge in [-0.3, -0.25) is 4.40 Å². The summed E-state index contributed by atoms with van der Waals surface area (Å²) >= 11 is 4.15. The summed E-state index contributed by atoms with van der Waals surface area (Å²) < 4.78 is 3.10. The van der Waals surface area contributed by atoms with Crippen LogP contribution in [0.2, 0.25) is 0 Å². The SMILES string of the molecule is O=c1n(CCCCCS)nc2ccccn12. The van der Waals surface area contributed by atoms with Crippen LogP contribution in [-0.2, 0) is 6.54 Å². The normalized spacial score (nSPS) is 11.1. The van der Waals surface area contributed by atoms with Crippen molar-refractivity contribution in [2.45, 2.75) is 25.8 Å². The number of unbranched alkanes of at least 4 members (excludes halogenated alkanes) is 2. The summed E-state index contributed by atoms with van der Waals surface area (Å²) in [6.07, 6.45) is 4.90. The topological polar surface area (TPSA) is 39.3 Å². The second-order valence-electron chi connectivity index (χ2n) is 3.72. The second-order valence-corrected chi connectivity index (χ2v) is 4.17. The molecular formula is C11H15N3OS. The van der Waals surface area contributed by atoms with Crippen molar-refractivity contribution in [2.75, 3.05) is 5.75 Å². The molecule has 86 valence electrons. The van der Waals surface area contributed by atoms with Gasteiger partial charge >= 0.3 is 5.69 Å². The highest BCUT2D eigenvalue weighted by molar-refractivity contribution is 7.80. The molecule has 0 radical (unpaired) electrons. The molecule has 16 heavy (non-hydrogen) atoms. The van der Waals surface area contributed by atoms with Crippen molar-refractivity contribution in [1.29, 1.82) is 0 Å². The van der Waals surface area contributed by atoms with Crippen LogP contribution in [-0.4, -0.2) is 19.9 Å². The summed E-state index contributed by atoms with van der Waals surface area (Å²) in [4.78, 5) is 11.8. The third kappa shape index (κ3) is 2.29. The van der Waals surface area contributed by atoms with Crippen LogP contribution in [0.4, 0.5) is 0 Å². The van der Waals surface area contributed by atoms with Crippen molar-refractivity contribution < 1.29 is 0 Å². The molecule has 0 aliphatic carbocycles. The minimum absolute atomic E-state index is 0.0542. The zero-order valence-electron chi connectivity index (χ0n) is 9.04. The number of pyridine rings is 1. The summed E-state index contributed by atoms with van der Waals surface area (Å²) in [5.74, 6) is 0.903. The summed E-state index contributed by atoms with van der Waals surface area (Å²) in [5.41, 5.74) is 0.656. The average molecular weight is 237 g/mol. The lowest BCUT2D eigenvalue weighted by atomic mass is 10.2. The lowest BCUT2D eigenvalue weighted by Gasteiger charge is -1.97. The maximum atomic E-state index is 11.8. The first-order valence-corrected chi connectivity index (χ1v) is 6.11. The van der Waals surface area contributed by atoms with Gasteiger partial charge in [-0.15, -0.1) is 5.10 Å². The minimum Gasteiger partial charge on any atom is -0.250 e. The van der Waals surface area contributed by atoms with Crippen LogP contribution in [0.15, 0.2) is 29.2 Å². The third-order valence-electron chi connectivity index (χ3n) is 2.52. The predicted octanol–water partition coefficient (Wildman–Crippen LogP) is 1.60.